The maximum absolute atomic E-state index is 12.7. The number of fused-ring (bicyclic) bond motifs is 1. The summed E-state index contributed by atoms with van der Waals surface area (Å²) in [7, 11) is 0. The standard InChI is InChI=1S/C23H30N2O2.C2HF3O2/c24-23(17-5-1-2-6-17)21(26)13-18(16-9-10-16)11-12-22(27)25-14-19-7-3-4-8-20(19)15-25;3-2(4,5)1(6)7/h3-4,7-8,11-12,16-18,23H,1-2,5-6,9-10,13-15,24H2;(H,6,7)/b12-11+;/t18-,23-;/m0./s1. The number of amides is 1. The third kappa shape index (κ3) is 7.16. The molecule has 3 aliphatic rings. The summed E-state index contributed by atoms with van der Waals surface area (Å²) in [6.45, 7) is 1.36. The van der Waals surface area contributed by atoms with Crippen molar-refractivity contribution in [3.05, 3.63) is 47.5 Å². The monoisotopic (exact) mass is 480 g/mol. The lowest BCUT2D eigenvalue weighted by Gasteiger charge is -2.20. The number of halogens is 3. The first-order valence-electron chi connectivity index (χ1n) is 11.7. The summed E-state index contributed by atoms with van der Waals surface area (Å²) in [6.07, 6.45) is 5.98. The first-order chi connectivity index (χ1) is 16.1. The van der Waals surface area contributed by atoms with Crippen LogP contribution in [0.25, 0.3) is 0 Å². The van der Waals surface area contributed by atoms with Crippen LogP contribution in [0.15, 0.2) is 36.4 Å². The SMILES string of the molecule is N[C@H](C(=O)C[C@H](/C=C/C(=O)N1Cc2ccccc2C1)C1CC1)C1CCCC1.O=C(O)C(F)(F)F. The van der Waals surface area contributed by atoms with Gasteiger partial charge in [0.2, 0.25) is 5.91 Å². The van der Waals surface area contributed by atoms with Crippen LogP contribution in [0.4, 0.5) is 13.2 Å². The summed E-state index contributed by atoms with van der Waals surface area (Å²) in [4.78, 5) is 36.1. The first-order valence-corrected chi connectivity index (χ1v) is 11.7. The number of carboxylic acid groups (broad SMARTS) is 1. The van der Waals surface area contributed by atoms with Crippen molar-refractivity contribution in [2.24, 2.45) is 23.5 Å². The molecule has 1 heterocycles. The Morgan fingerprint density at radius 2 is 1.56 bits per heavy atom. The second-order valence-corrected chi connectivity index (χ2v) is 9.37. The Morgan fingerprint density at radius 1 is 1.03 bits per heavy atom. The van der Waals surface area contributed by atoms with Crippen LogP contribution in [0, 0.1) is 17.8 Å². The van der Waals surface area contributed by atoms with E-state index in [0.717, 1.165) is 25.7 Å². The van der Waals surface area contributed by atoms with Gasteiger partial charge >= 0.3 is 12.1 Å². The van der Waals surface area contributed by atoms with Crippen LogP contribution < -0.4 is 5.73 Å². The smallest absolute Gasteiger partial charge is 0.475 e. The Bertz CT molecular complexity index is 896. The molecule has 0 aromatic heterocycles. The highest BCUT2D eigenvalue weighted by Gasteiger charge is 2.38. The van der Waals surface area contributed by atoms with Gasteiger partial charge in [-0.3, -0.25) is 9.59 Å². The van der Waals surface area contributed by atoms with Crippen LogP contribution in [0.3, 0.4) is 0 Å². The topological polar surface area (TPSA) is 101 Å². The molecule has 9 heteroatoms. The third-order valence-electron chi connectivity index (χ3n) is 6.82. The third-order valence-corrected chi connectivity index (χ3v) is 6.82. The van der Waals surface area contributed by atoms with Crippen molar-refractivity contribution in [3.63, 3.8) is 0 Å². The van der Waals surface area contributed by atoms with Crippen molar-refractivity contribution in [1.82, 2.24) is 4.90 Å². The molecule has 6 nitrogen and oxygen atoms in total. The molecule has 1 aromatic rings. The van der Waals surface area contributed by atoms with Crippen molar-refractivity contribution in [3.8, 4) is 0 Å². The molecule has 1 aliphatic heterocycles. The number of hydrogen-bond acceptors (Lipinski definition) is 4. The first kappa shape index (κ1) is 25.9. The van der Waals surface area contributed by atoms with E-state index < -0.39 is 12.1 Å². The van der Waals surface area contributed by atoms with Crippen LogP contribution >= 0.6 is 0 Å². The zero-order valence-electron chi connectivity index (χ0n) is 19.0. The molecule has 2 atom stereocenters. The number of nitrogens with two attached hydrogens (primary N) is 1. The van der Waals surface area contributed by atoms with Crippen molar-refractivity contribution in [2.75, 3.05) is 0 Å². The minimum absolute atomic E-state index is 0.0457. The molecule has 0 unspecified atom stereocenters. The van der Waals surface area contributed by atoms with E-state index in [4.69, 9.17) is 15.6 Å². The summed E-state index contributed by atoms with van der Waals surface area (Å²) < 4.78 is 31.7. The number of carbonyl (C=O) groups is 3. The maximum atomic E-state index is 12.7. The van der Waals surface area contributed by atoms with Crippen molar-refractivity contribution in [2.45, 2.75) is 70.3 Å². The van der Waals surface area contributed by atoms with Crippen LogP contribution in [0.1, 0.15) is 56.1 Å². The zero-order chi connectivity index (χ0) is 24.9. The molecule has 0 saturated heterocycles. The van der Waals surface area contributed by atoms with Gasteiger partial charge in [-0.05, 0) is 60.6 Å². The van der Waals surface area contributed by atoms with Crippen LogP contribution in [-0.2, 0) is 27.5 Å². The highest BCUT2D eigenvalue weighted by atomic mass is 19.4. The molecule has 2 fully saturated rings. The molecule has 0 radical (unpaired) electrons. The number of alkyl halides is 3. The lowest BCUT2D eigenvalue weighted by Crippen LogP contribution is -2.38. The lowest BCUT2D eigenvalue weighted by atomic mass is 9.88. The Hall–Kier alpha value is -2.68. The normalized spacial score (nSPS) is 19.9. The van der Waals surface area contributed by atoms with E-state index in [9.17, 15) is 22.8 Å². The number of benzene rings is 1. The molecule has 0 spiro atoms. The highest BCUT2D eigenvalue weighted by Crippen LogP contribution is 2.40. The largest absolute Gasteiger partial charge is 0.490 e. The van der Waals surface area contributed by atoms with Gasteiger partial charge in [-0.15, -0.1) is 0 Å². The highest BCUT2D eigenvalue weighted by molar-refractivity contribution is 5.88. The van der Waals surface area contributed by atoms with Crippen LogP contribution in [-0.4, -0.2) is 39.9 Å². The summed E-state index contributed by atoms with van der Waals surface area (Å²) in [6, 6.07) is 7.90. The quantitative estimate of drug-likeness (QED) is 0.569. The molecular weight excluding hydrogens is 449 g/mol. The Morgan fingerprint density at radius 3 is 2.03 bits per heavy atom. The molecule has 3 N–H and O–H groups in total. The van der Waals surface area contributed by atoms with E-state index in [1.54, 1.807) is 6.08 Å². The van der Waals surface area contributed by atoms with Gasteiger partial charge in [0, 0.05) is 19.5 Å². The van der Waals surface area contributed by atoms with Gasteiger partial charge in [0.25, 0.3) is 0 Å². The average molecular weight is 481 g/mol. The maximum Gasteiger partial charge on any atom is 0.490 e. The summed E-state index contributed by atoms with van der Waals surface area (Å²) in [5, 5.41) is 7.12. The molecule has 4 rings (SSSR count). The van der Waals surface area contributed by atoms with E-state index in [-0.39, 0.29) is 23.7 Å². The average Bonchev–Trinajstić information content (AvgIpc) is 3.31. The number of nitrogens with zero attached hydrogens (tertiary/aromatic N) is 1. The molecule has 34 heavy (non-hydrogen) atoms. The molecule has 1 aromatic carbocycles. The fourth-order valence-electron chi connectivity index (χ4n) is 4.66. The molecule has 186 valence electrons. The Kier molecular flexibility index (Phi) is 8.52. The van der Waals surface area contributed by atoms with Gasteiger partial charge in [0.15, 0.2) is 0 Å². The van der Waals surface area contributed by atoms with E-state index in [1.807, 2.05) is 23.1 Å². The predicted molar refractivity (Wildman–Crippen MR) is 119 cm³/mol. The van der Waals surface area contributed by atoms with Gasteiger partial charge in [0.1, 0.15) is 5.78 Å². The van der Waals surface area contributed by atoms with E-state index in [2.05, 4.69) is 12.1 Å². The molecular formula is C25H31F3N2O4. The predicted octanol–water partition coefficient (Wildman–Crippen LogP) is 4.22. The van der Waals surface area contributed by atoms with Crippen LogP contribution in [0.5, 0.6) is 0 Å². The molecule has 2 aliphatic carbocycles. The number of Topliss-reactive ketones (excluding diaryl/α,β-unsaturated/α-hetero) is 1. The molecule has 0 bridgehead atoms. The zero-order valence-corrected chi connectivity index (χ0v) is 19.0. The Balaban J connectivity index is 0.000000406. The second kappa shape index (κ2) is 11.2. The number of ketones is 1. The van der Waals surface area contributed by atoms with Gasteiger partial charge < -0.3 is 15.7 Å². The Labute approximate surface area is 197 Å². The number of allylic oxidation sites excluding steroid dienone is 1. The lowest BCUT2D eigenvalue weighted by molar-refractivity contribution is -0.192. The van der Waals surface area contributed by atoms with Crippen molar-refractivity contribution >= 4 is 17.7 Å². The summed E-state index contributed by atoms with van der Waals surface area (Å²) in [5.41, 5.74) is 8.71. The number of rotatable bonds is 7. The fraction of sp³-hybridized carbons (Fsp3) is 0.560. The van der Waals surface area contributed by atoms with Crippen molar-refractivity contribution in [1.29, 1.82) is 0 Å². The summed E-state index contributed by atoms with van der Waals surface area (Å²) >= 11 is 0. The minimum atomic E-state index is -5.08. The second-order valence-electron chi connectivity index (χ2n) is 9.37. The number of carboxylic acids is 1. The van der Waals surface area contributed by atoms with Gasteiger partial charge in [-0.2, -0.15) is 13.2 Å². The number of hydrogen-bond donors (Lipinski definition) is 2. The van der Waals surface area contributed by atoms with Crippen molar-refractivity contribution < 1.29 is 32.7 Å². The van der Waals surface area contributed by atoms with Gasteiger partial charge in [-0.25, -0.2) is 4.79 Å². The molecule has 1 amide bonds. The molecule has 2 saturated carbocycles. The fourth-order valence-corrected chi connectivity index (χ4v) is 4.66. The summed E-state index contributed by atoms with van der Waals surface area (Å²) in [5.74, 6) is -1.45. The van der Waals surface area contributed by atoms with E-state index >= 15 is 0 Å². The van der Waals surface area contributed by atoms with Gasteiger partial charge in [-0.1, -0.05) is 43.2 Å². The number of aliphatic carboxylic acids is 1. The van der Waals surface area contributed by atoms with E-state index in [0.29, 0.717) is 31.3 Å². The van der Waals surface area contributed by atoms with E-state index in [1.165, 1.54) is 24.0 Å². The van der Waals surface area contributed by atoms with Gasteiger partial charge in [0.05, 0.1) is 6.04 Å². The minimum Gasteiger partial charge on any atom is -0.475 e. The van der Waals surface area contributed by atoms with Crippen LogP contribution in [0.2, 0.25) is 0 Å². The number of carbonyl (C=O) groups excluding carboxylic acids is 2.